The number of nitrogens with one attached hydrogen (secondary N) is 1. The Morgan fingerprint density at radius 1 is 1.08 bits per heavy atom. The predicted octanol–water partition coefficient (Wildman–Crippen LogP) is 2.64. The molecule has 1 unspecified atom stereocenters. The molecule has 0 radical (unpaired) electrons. The Bertz CT molecular complexity index is 664. The van der Waals surface area contributed by atoms with Gasteiger partial charge in [-0.05, 0) is 31.7 Å². The zero-order valence-corrected chi connectivity index (χ0v) is 14.3. The molecule has 5 heteroatoms. The number of hydrogen-bond donors (Lipinski definition) is 1. The number of anilines is 1. The SMILES string of the molecule is CC(Nc1ccc(C(=O)N2CCN(C)CC2)nc1)c1ccccc1. The van der Waals surface area contributed by atoms with Gasteiger partial charge in [-0.3, -0.25) is 4.79 Å². The van der Waals surface area contributed by atoms with E-state index in [0.29, 0.717) is 5.69 Å². The number of carbonyl (C=O) groups excluding carboxylic acids is 1. The molecule has 0 saturated carbocycles. The smallest absolute Gasteiger partial charge is 0.272 e. The van der Waals surface area contributed by atoms with E-state index < -0.39 is 0 Å². The molecule has 1 aromatic heterocycles. The Labute approximate surface area is 143 Å². The van der Waals surface area contributed by atoms with E-state index in [1.54, 1.807) is 12.3 Å². The van der Waals surface area contributed by atoms with Crippen LogP contribution in [0.15, 0.2) is 48.7 Å². The maximum atomic E-state index is 12.5. The summed E-state index contributed by atoms with van der Waals surface area (Å²) in [7, 11) is 2.08. The molecule has 2 aromatic rings. The van der Waals surface area contributed by atoms with E-state index in [1.165, 1.54) is 5.56 Å². The van der Waals surface area contributed by atoms with Gasteiger partial charge in [-0.25, -0.2) is 4.98 Å². The highest BCUT2D eigenvalue weighted by Gasteiger charge is 2.21. The molecule has 2 heterocycles. The van der Waals surface area contributed by atoms with Gasteiger partial charge in [0.25, 0.3) is 5.91 Å². The molecule has 1 saturated heterocycles. The first-order valence-electron chi connectivity index (χ1n) is 8.39. The van der Waals surface area contributed by atoms with E-state index in [-0.39, 0.29) is 11.9 Å². The number of hydrogen-bond acceptors (Lipinski definition) is 4. The van der Waals surface area contributed by atoms with Crippen molar-refractivity contribution in [3.63, 3.8) is 0 Å². The van der Waals surface area contributed by atoms with E-state index >= 15 is 0 Å². The number of pyridine rings is 1. The van der Waals surface area contributed by atoms with E-state index in [1.807, 2.05) is 29.2 Å². The van der Waals surface area contributed by atoms with Crippen LogP contribution in [0.25, 0.3) is 0 Å². The van der Waals surface area contributed by atoms with E-state index in [4.69, 9.17) is 0 Å². The Morgan fingerprint density at radius 2 is 1.79 bits per heavy atom. The Balaban J connectivity index is 1.62. The summed E-state index contributed by atoms with van der Waals surface area (Å²) >= 11 is 0. The summed E-state index contributed by atoms with van der Waals surface area (Å²) in [6.45, 7) is 5.47. The van der Waals surface area contributed by atoms with Crippen molar-refractivity contribution in [1.29, 1.82) is 0 Å². The molecular weight excluding hydrogens is 300 g/mol. The van der Waals surface area contributed by atoms with Gasteiger partial charge >= 0.3 is 0 Å². The van der Waals surface area contributed by atoms with Gasteiger partial charge in [0.2, 0.25) is 0 Å². The number of carbonyl (C=O) groups is 1. The van der Waals surface area contributed by atoms with Crippen molar-refractivity contribution in [2.75, 3.05) is 38.5 Å². The molecule has 1 aliphatic heterocycles. The number of nitrogens with zero attached hydrogens (tertiary/aromatic N) is 3. The molecule has 1 fully saturated rings. The summed E-state index contributed by atoms with van der Waals surface area (Å²) in [6, 6.07) is 14.2. The van der Waals surface area contributed by atoms with Gasteiger partial charge in [0.15, 0.2) is 0 Å². The summed E-state index contributed by atoms with van der Waals surface area (Å²) in [5, 5.41) is 3.42. The second-order valence-electron chi connectivity index (χ2n) is 6.30. The second-order valence-corrected chi connectivity index (χ2v) is 6.30. The highest BCUT2D eigenvalue weighted by atomic mass is 16.2. The average Bonchev–Trinajstić information content (AvgIpc) is 2.63. The first-order valence-corrected chi connectivity index (χ1v) is 8.39. The zero-order valence-electron chi connectivity index (χ0n) is 14.3. The number of aromatic nitrogens is 1. The van der Waals surface area contributed by atoms with Crippen LogP contribution in [0.2, 0.25) is 0 Å². The van der Waals surface area contributed by atoms with Gasteiger partial charge in [-0.2, -0.15) is 0 Å². The van der Waals surface area contributed by atoms with E-state index in [9.17, 15) is 4.79 Å². The lowest BCUT2D eigenvalue weighted by Crippen LogP contribution is -2.47. The van der Waals surface area contributed by atoms with Crippen LogP contribution >= 0.6 is 0 Å². The largest absolute Gasteiger partial charge is 0.377 e. The third-order valence-electron chi connectivity index (χ3n) is 4.46. The van der Waals surface area contributed by atoms with Crippen molar-refractivity contribution in [1.82, 2.24) is 14.8 Å². The monoisotopic (exact) mass is 324 g/mol. The minimum atomic E-state index is 0.0192. The Kier molecular flexibility index (Phi) is 5.11. The fourth-order valence-corrected chi connectivity index (χ4v) is 2.85. The molecule has 1 amide bonds. The van der Waals surface area contributed by atoms with Crippen LogP contribution < -0.4 is 5.32 Å². The fourth-order valence-electron chi connectivity index (χ4n) is 2.85. The third kappa shape index (κ3) is 3.92. The van der Waals surface area contributed by atoms with Crippen LogP contribution in [0.4, 0.5) is 5.69 Å². The standard InChI is InChI=1S/C19H24N4O/c1-15(16-6-4-3-5-7-16)21-17-8-9-18(20-14-17)19(24)23-12-10-22(2)11-13-23/h3-9,14-15,21H,10-13H2,1-2H3. The van der Waals surface area contributed by atoms with Crippen LogP contribution in [-0.4, -0.2) is 53.9 Å². The fraction of sp³-hybridized carbons (Fsp3) is 0.368. The number of likely N-dealkylation sites (N-methyl/N-ethyl adjacent to an activating group) is 1. The molecular formula is C19H24N4O. The minimum Gasteiger partial charge on any atom is -0.377 e. The van der Waals surface area contributed by atoms with Crippen LogP contribution in [-0.2, 0) is 0 Å². The Morgan fingerprint density at radius 3 is 2.42 bits per heavy atom. The average molecular weight is 324 g/mol. The zero-order chi connectivity index (χ0) is 16.9. The molecule has 3 rings (SSSR count). The molecule has 1 N–H and O–H groups in total. The highest BCUT2D eigenvalue weighted by Crippen LogP contribution is 2.18. The predicted molar refractivity (Wildman–Crippen MR) is 96.1 cm³/mol. The van der Waals surface area contributed by atoms with Crippen LogP contribution in [0.3, 0.4) is 0 Å². The van der Waals surface area contributed by atoms with Gasteiger partial charge in [-0.1, -0.05) is 30.3 Å². The summed E-state index contributed by atoms with van der Waals surface area (Å²) in [6.07, 6.45) is 1.74. The number of benzene rings is 1. The van der Waals surface area contributed by atoms with Gasteiger partial charge < -0.3 is 15.1 Å². The normalized spacial score (nSPS) is 16.7. The second kappa shape index (κ2) is 7.45. The summed E-state index contributed by atoms with van der Waals surface area (Å²) < 4.78 is 0. The lowest BCUT2D eigenvalue weighted by molar-refractivity contribution is 0.0658. The first-order chi connectivity index (χ1) is 11.6. The number of piperazine rings is 1. The lowest BCUT2D eigenvalue weighted by Gasteiger charge is -2.32. The molecule has 126 valence electrons. The number of rotatable bonds is 4. The summed E-state index contributed by atoms with van der Waals surface area (Å²) in [5.41, 5.74) is 2.65. The molecule has 1 aliphatic rings. The molecule has 0 spiro atoms. The maximum absolute atomic E-state index is 12.5. The lowest BCUT2D eigenvalue weighted by atomic mass is 10.1. The van der Waals surface area contributed by atoms with E-state index in [0.717, 1.165) is 31.9 Å². The molecule has 1 atom stereocenters. The summed E-state index contributed by atoms with van der Waals surface area (Å²) in [4.78, 5) is 20.9. The van der Waals surface area contributed by atoms with Crippen LogP contribution in [0, 0.1) is 0 Å². The molecule has 24 heavy (non-hydrogen) atoms. The maximum Gasteiger partial charge on any atom is 0.272 e. The van der Waals surface area contributed by atoms with Crippen molar-refractivity contribution in [3.8, 4) is 0 Å². The molecule has 0 bridgehead atoms. The van der Waals surface area contributed by atoms with Gasteiger partial charge in [0, 0.05) is 32.2 Å². The van der Waals surface area contributed by atoms with Crippen molar-refractivity contribution in [2.45, 2.75) is 13.0 Å². The van der Waals surface area contributed by atoms with E-state index in [2.05, 4.69) is 41.3 Å². The number of amides is 1. The minimum absolute atomic E-state index is 0.0192. The highest BCUT2D eigenvalue weighted by molar-refractivity contribution is 5.92. The Hall–Kier alpha value is -2.40. The van der Waals surface area contributed by atoms with Crippen molar-refractivity contribution >= 4 is 11.6 Å². The molecule has 1 aromatic carbocycles. The molecule has 5 nitrogen and oxygen atoms in total. The van der Waals surface area contributed by atoms with Crippen molar-refractivity contribution < 1.29 is 4.79 Å². The summed E-state index contributed by atoms with van der Waals surface area (Å²) in [5.74, 6) is 0.0192. The van der Waals surface area contributed by atoms with Crippen LogP contribution in [0.1, 0.15) is 29.0 Å². The first kappa shape index (κ1) is 16.5. The van der Waals surface area contributed by atoms with Gasteiger partial charge in [-0.15, -0.1) is 0 Å². The molecule has 0 aliphatic carbocycles. The van der Waals surface area contributed by atoms with Gasteiger partial charge in [0.1, 0.15) is 5.69 Å². The quantitative estimate of drug-likeness (QED) is 0.939. The van der Waals surface area contributed by atoms with Crippen LogP contribution in [0.5, 0.6) is 0 Å². The third-order valence-corrected chi connectivity index (χ3v) is 4.46. The van der Waals surface area contributed by atoms with Gasteiger partial charge in [0.05, 0.1) is 11.9 Å². The van der Waals surface area contributed by atoms with Crippen molar-refractivity contribution in [3.05, 3.63) is 59.9 Å². The van der Waals surface area contributed by atoms with Crippen molar-refractivity contribution in [2.24, 2.45) is 0 Å². The topological polar surface area (TPSA) is 48.5 Å².